The van der Waals surface area contributed by atoms with Gasteiger partial charge >= 0.3 is 0 Å². The Morgan fingerprint density at radius 3 is 2.80 bits per heavy atom. The predicted molar refractivity (Wildman–Crippen MR) is 75.0 cm³/mol. The van der Waals surface area contributed by atoms with Gasteiger partial charge in [-0.1, -0.05) is 0 Å². The van der Waals surface area contributed by atoms with Gasteiger partial charge in [0.25, 0.3) is 5.91 Å². The molecule has 1 saturated heterocycles. The van der Waals surface area contributed by atoms with Gasteiger partial charge in [-0.2, -0.15) is 4.31 Å². The molecule has 0 aromatic carbocycles. The Balaban J connectivity index is 2.32. The van der Waals surface area contributed by atoms with Crippen molar-refractivity contribution in [2.24, 2.45) is 7.05 Å². The summed E-state index contributed by atoms with van der Waals surface area (Å²) in [5.74, 6) is -0.303. The molecule has 0 radical (unpaired) electrons. The van der Waals surface area contributed by atoms with Gasteiger partial charge in [-0.05, 0) is 13.0 Å². The minimum atomic E-state index is -3.55. The lowest BCUT2D eigenvalue weighted by molar-refractivity contribution is 0.0955. The van der Waals surface area contributed by atoms with Gasteiger partial charge in [0.05, 0.1) is 0 Å². The third-order valence-electron chi connectivity index (χ3n) is 3.41. The third-order valence-corrected chi connectivity index (χ3v) is 5.24. The molecule has 0 bridgehead atoms. The van der Waals surface area contributed by atoms with Crippen LogP contribution in [0.15, 0.2) is 17.2 Å². The van der Waals surface area contributed by atoms with Crippen LogP contribution in [0, 0.1) is 0 Å². The molecular weight excluding hydrogens is 280 g/mol. The van der Waals surface area contributed by atoms with E-state index in [1.54, 1.807) is 7.05 Å². The van der Waals surface area contributed by atoms with Crippen molar-refractivity contribution < 1.29 is 13.2 Å². The van der Waals surface area contributed by atoms with E-state index in [-0.39, 0.29) is 16.8 Å². The molecule has 0 spiro atoms. The largest absolute Gasteiger partial charge is 0.354 e. The molecule has 2 rings (SSSR count). The van der Waals surface area contributed by atoms with Gasteiger partial charge in [0.15, 0.2) is 0 Å². The highest BCUT2D eigenvalue weighted by Crippen LogP contribution is 2.19. The van der Waals surface area contributed by atoms with Crippen molar-refractivity contribution in [1.82, 2.24) is 19.5 Å². The quantitative estimate of drug-likeness (QED) is 0.778. The molecule has 0 aliphatic carbocycles. The molecule has 112 valence electrons. The molecule has 2 N–H and O–H groups in total. The van der Waals surface area contributed by atoms with E-state index in [9.17, 15) is 13.2 Å². The van der Waals surface area contributed by atoms with Crippen LogP contribution >= 0.6 is 0 Å². The number of nitrogens with zero attached hydrogens (tertiary/aromatic N) is 2. The van der Waals surface area contributed by atoms with Crippen molar-refractivity contribution in [3.8, 4) is 0 Å². The van der Waals surface area contributed by atoms with Crippen LogP contribution in [-0.4, -0.2) is 55.9 Å². The smallest absolute Gasteiger partial charge is 0.267 e. The molecule has 8 heteroatoms. The molecule has 1 atom stereocenters. The van der Waals surface area contributed by atoms with Crippen LogP contribution in [0.1, 0.15) is 17.4 Å². The molecule has 1 aromatic heterocycles. The number of hydrogen-bond donors (Lipinski definition) is 2. The van der Waals surface area contributed by atoms with Crippen molar-refractivity contribution in [2.75, 3.05) is 26.7 Å². The zero-order valence-electron chi connectivity index (χ0n) is 11.9. The number of carbonyl (C=O) groups is 1. The molecule has 1 fully saturated rings. The fourth-order valence-electron chi connectivity index (χ4n) is 2.29. The first-order valence-corrected chi connectivity index (χ1v) is 7.92. The lowest BCUT2D eigenvalue weighted by atomic mass is 10.3. The molecule has 0 saturated carbocycles. The molecule has 7 nitrogen and oxygen atoms in total. The summed E-state index contributed by atoms with van der Waals surface area (Å²) < 4.78 is 28.1. The van der Waals surface area contributed by atoms with Crippen LogP contribution in [0.4, 0.5) is 0 Å². The number of sulfonamides is 1. The number of hydrogen-bond acceptors (Lipinski definition) is 4. The molecule has 2 heterocycles. The summed E-state index contributed by atoms with van der Waals surface area (Å²) in [7, 11) is -0.374. The fraction of sp³-hybridized carbons (Fsp3) is 0.583. The zero-order chi connectivity index (χ0) is 14.9. The van der Waals surface area contributed by atoms with Gasteiger partial charge in [0, 0.05) is 46.0 Å². The summed E-state index contributed by atoms with van der Waals surface area (Å²) in [5, 5.41) is 5.70. The van der Waals surface area contributed by atoms with Crippen LogP contribution in [-0.2, 0) is 17.1 Å². The SMILES string of the molecule is CNC(=O)c1cc(S(=O)(=O)N2CCN[C@H](C)C2)cn1C. The average Bonchev–Trinajstić information content (AvgIpc) is 2.80. The minimum Gasteiger partial charge on any atom is -0.354 e. The summed E-state index contributed by atoms with van der Waals surface area (Å²) in [5.41, 5.74) is 0.328. The van der Waals surface area contributed by atoms with E-state index in [1.807, 2.05) is 6.92 Å². The van der Waals surface area contributed by atoms with Crippen LogP contribution in [0.3, 0.4) is 0 Å². The maximum Gasteiger partial charge on any atom is 0.267 e. The molecule has 1 amide bonds. The zero-order valence-corrected chi connectivity index (χ0v) is 12.7. The maximum absolute atomic E-state index is 12.6. The summed E-state index contributed by atoms with van der Waals surface area (Å²) >= 11 is 0. The van der Waals surface area contributed by atoms with Crippen LogP contribution in [0.2, 0.25) is 0 Å². The molecule has 1 aromatic rings. The Morgan fingerprint density at radius 2 is 2.20 bits per heavy atom. The fourth-order valence-corrected chi connectivity index (χ4v) is 3.89. The Labute approximate surface area is 119 Å². The average molecular weight is 300 g/mol. The summed E-state index contributed by atoms with van der Waals surface area (Å²) in [6.07, 6.45) is 1.48. The highest BCUT2D eigenvalue weighted by atomic mass is 32.2. The van der Waals surface area contributed by atoms with E-state index < -0.39 is 10.0 Å². The second-order valence-electron chi connectivity index (χ2n) is 4.97. The molecule has 0 unspecified atom stereocenters. The summed E-state index contributed by atoms with van der Waals surface area (Å²) in [6.45, 7) is 3.46. The van der Waals surface area contributed by atoms with Crippen molar-refractivity contribution in [3.05, 3.63) is 18.0 Å². The maximum atomic E-state index is 12.6. The minimum absolute atomic E-state index is 0.126. The van der Waals surface area contributed by atoms with E-state index in [0.29, 0.717) is 25.3 Å². The number of amides is 1. The number of piperazine rings is 1. The normalized spacial score (nSPS) is 20.9. The lowest BCUT2D eigenvalue weighted by Gasteiger charge is -2.30. The number of carbonyl (C=O) groups excluding carboxylic acids is 1. The Hall–Kier alpha value is -1.38. The Bertz CT molecular complexity index is 608. The van der Waals surface area contributed by atoms with E-state index >= 15 is 0 Å². The van der Waals surface area contributed by atoms with Gasteiger partial charge in [0.1, 0.15) is 10.6 Å². The van der Waals surface area contributed by atoms with Crippen molar-refractivity contribution in [2.45, 2.75) is 17.9 Å². The van der Waals surface area contributed by atoms with E-state index in [4.69, 9.17) is 0 Å². The lowest BCUT2D eigenvalue weighted by Crippen LogP contribution is -2.51. The van der Waals surface area contributed by atoms with Crippen LogP contribution in [0.5, 0.6) is 0 Å². The molecule has 1 aliphatic rings. The predicted octanol–water partition coefficient (Wildman–Crippen LogP) is -0.633. The van der Waals surface area contributed by atoms with Crippen LogP contribution < -0.4 is 10.6 Å². The molecule has 20 heavy (non-hydrogen) atoms. The molecular formula is C12H20N4O3S. The first kappa shape index (κ1) is 15.0. The van der Waals surface area contributed by atoms with E-state index in [2.05, 4.69) is 10.6 Å². The van der Waals surface area contributed by atoms with Crippen LogP contribution in [0.25, 0.3) is 0 Å². The van der Waals surface area contributed by atoms with E-state index in [0.717, 1.165) is 0 Å². The van der Waals surface area contributed by atoms with Gasteiger partial charge in [0.2, 0.25) is 10.0 Å². The topological polar surface area (TPSA) is 83.4 Å². The Morgan fingerprint density at radius 1 is 1.50 bits per heavy atom. The number of rotatable bonds is 3. The van der Waals surface area contributed by atoms with Gasteiger partial charge in [-0.15, -0.1) is 0 Å². The van der Waals surface area contributed by atoms with E-state index in [1.165, 1.54) is 28.2 Å². The first-order valence-electron chi connectivity index (χ1n) is 6.48. The number of aryl methyl sites for hydroxylation is 1. The van der Waals surface area contributed by atoms with Gasteiger partial charge in [-0.3, -0.25) is 4.79 Å². The highest BCUT2D eigenvalue weighted by Gasteiger charge is 2.30. The third kappa shape index (κ3) is 2.72. The Kier molecular flexibility index (Phi) is 4.17. The van der Waals surface area contributed by atoms with Crippen molar-refractivity contribution in [3.63, 3.8) is 0 Å². The second-order valence-corrected chi connectivity index (χ2v) is 6.91. The standard InChI is InChI=1S/C12H20N4O3S/c1-9-7-16(5-4-14-9)20(18,19)10-6-11(12(17)13-2)15(3)8-10/h6,8-9,14H,4-5,7H2,1-3H3,(H,13,17)/t9-/m1/s1. The molecule has 1 aliphatic heterocycles. The number of nitrogens with one attached hydrogen (secondary N) is 2. The highest BCUT2D eigenvalue weighted by molar-refractivity contribution is 7.89. The van der Waals surface area contributed by atoms with Gasteiger partial charge in [-0.25, -0.2) is 8.42 Å². The first-order chi connectivity index (χ1) is 9.36. The summed E-state index contributed by atoms with van der Waals surface area (Å²) in [4.78, 5) is 11.8. The monoisotopic (exact) mass is 300 g/mol. The van der Waals surface area contributed by atoms with Crippen molar-refractivity contribution >= 4 is 15.9 Å². The summed E-state index contributed by atoms with van der Waals surface area (Å²) in [6, 6.07) is 1.54. The van der Waals surface area contributed by atoms with Crippen molar-refractivity contribution in [1.29, 1.82) is 0 Å². The van der Waals surface area contributed by atoms with Gasteiger partial charge < -0.3 is 15.2 Å². The number of aromatic nitrogens is 1. The second kappa shape index (κ2) is 5.55.